The minimum absolute atomic E-state index is 0.0585. The molecule has 0 aliphatic carbocycles. The molecule has 0 atom stereocenters. The summed E-state index contributed by atoms with van der Waals surface area (Å²) in [4.78, 5) is 37.7. The molecule has 0 bridgehead atoms. The number of amides is 2. The van der Waals surface area contributed by atoms with E-state index in [1.807, 2.05) is 6.07 Å². The maximum absolute atomic E-state index is 12.8. The van der Waals surface area contributed by atoms with Gasteiger partial charge in [-0.15, -0.1) is 0 Å². The number of hydrogen-bond acceptors (Lipinski definition) is 5. The summed E-state index contributed by atoms with van der Waals surface area (Å²) >= 11 is 0. The largest absolute Gasteiger partial charge is 0.497 e. The number of hydrazine groups is 1. The summed E-state index contributed by atoms with van der Waals surface area (Å²) in [7, 11) is 1.54. The van der Waals surface area contributed by atoms with Gasteiger partial charge < -0.3 is 9.47 Å². The van der Waals surface area contributed by atoms with Gasteiger partial charge in [-0.05, 0) is 48.5 Å². The Labute approximate surface area is 178 Å². The standard InChI is InChI=1S/C24H18N2O5/c1-30-19-13-11-16(12-14-19)24(29)31-21-10-6-5-7-17(21)15-20-22(27)25-26(23(20)28)18-8-3-2-4-9-18/h2-15H,1H3,(H,25,27). The third-order valence-electron chi connectivity index (χ3n) is 4.65. The number of anilines is 1. The molecule has 0 radical (unpaired) electrons. The van der Waals surface area contributed by atoms with E-state index in [0.717, 1.165) is 0 Å². The molecule has 154 valence electrons. The molecular formula is C24H18N2O5. The smallest absolute Gasteiger partial charge is 0.343 e. The summed E-state index contributed by atoms with van der Waals surface area (Å²) < 4.78 is 10.6. The van der Waals surface area contributed by atoms with Gasteiger partial charge in [0.25, 0.3) is 11.8 Å². The molecule has 1 fully saturated rings. The molecule has 0 saturated carbocycles. The van der Waals surface area contributed by atoms with Gasteiger partial charge in [-0.1, -0.05) is 36.4 Å². The Morgan fingerprint density at radius 3 is 2.29 bits per heavy atom. The first-order chi connectivity index (χ1) is 15.1. The van der Waals surface area contributed by atoms with Gasteiger partial charge in [0.05, 0.1) is 18.4 Å². The molecule has 7 heteroatoms. The minimum atomic E-state index is -0.568. The minimum Gasteiger partial charge on any atom is -0.497 e. The van der Waals surface area contributed by atoms with Crippen molar-refractivity contribution in [1.82, 2.24) is 5.43 Å². The molecule has 0 unspecified atom stereocenters. The second-order valence-electron chi connectivity index (χ2n) is 6.63. The van der Waals surface area contributed by atoms with E-state index in [1.54, 1.807) is 72.8 Å². The average Bonchev–Trinajstić information content (AvgIpc) is 3.09. The van der Waals surface area contributed by atoms with E-state index in [2.05, 4.69) is 5.43 Å². The lowest BCUT2D eigenvalue weighted by molar-refractivity contribution is -0.117. The van der Waals surface area contributed by atoms with Gasteiger partial charge in [0.2, 0.25) is 0 Å². The summed E-state index contributed by atoms with van der Waals surface area (Å²) in [5.74, 6) is -0.746. The lowest BCUT2D eigenvalue weighted by Gasteiger charge is -2.13. The summed E-state index contributed by atoms with van der Waals surface area (Å²) in [5, 5.41) is 1.18. The third kappa shape index (κ3) is 4.16. The molecular weight excluding hydrogens is 396 g/mol. The first kappa shape index (κ1) is 19.9. The molecule has 31 heavy (non-hydrogen) atoms. The van der Waals surface area contributed by atoms with Gasteiger partial charge in [-0.2, -0.15) is 0 Å². The quantitative estimate of drug-likeness (QED) is 0.299. The van der Waals surface area contributed by atoms with Gasteiger partial charge in [-0.3, -0.25) is 15.0 Å². The second kappa shape index (κ2) is 8.54. The molecule has 1 saturated heterocycles. The van der Waals surface area contributed by atoms with E-state index < -0.39 is 17.8 Å². The van der Waals surface area contributed by atoms with Crippen LogP contribution in [0.2, 0.25) is 0 Å². The van der Waals surface area contributed by atoms with Crippen LogP contribution in [0, 0.1) is 0 Å². The van der Waals surface area contributed by atoms with Gasteiger partial charge in [0, 0.05) is 5.56 Å². The number of hydrogen-bond donors (Lipinski definition) is 1. The number of nitrogens with zero attached hydrogens (tertiary/aromatic N) is 1. The predicted octanol–water partition coefficient (Wildman–Crippen LogP) is 3.38. The lowest BCUT2D eigenvalue weighted by Crippen LogP contribution is -2.35. The highest BCUT2D eigenvalue weighted by Crippen LogP contribution is 2.26. The summed E-state index contributed by atoms with van der Waals surface area (Å²) in [6.45, 7) is 0. The number of nitrogens with one attached hydrogen (secondary N) is 1. The molecule has 4 rings (SSSR count). The van der Waals surface area contributed by atoms with Crippen molar-refractivity contribution >= 4 is 29.5 Å². The van der Waals surface area contributed by atoms with Crippen molar-refractivity contribution in [3.63, 3.8) is 0 Å². The molecule has 2 amide bonds. The fourth-order valence-corrected chi connectivity index (χ4v) is 3.05. The highest BCUT2D eigenvalue weighted by Gasteiger charge is 2.34. The molecule has 3 aromatic carbocycles. The summed E-state index contributed by atoms with van der Waals surface area (Å²) in [6, 6.07) is 22.0. The van der Waals surface area contributed by atoms with Crippen molar-refractivity contribution < 1.29 is 23.9 Å². The van der Waals surface area contributed by atoms with Gasteiger partial charge in [0.15, 0.2) is 0 Å². The van der Waals surface area contributed by atoms with Crippen molar-refractivity contribution in [2.24, 2.45) is 0 Å². The number of esters is 1. The van der Waals surface area contributed by atoms with Crippen LogP contribution in [0.15, 0.2) is 84.4 Å². The Kier molecular flexibility index (Phi) is 5.49. The molecule has 1 aliphatic rings. The number of ether oxygens (including phenoxy) is 2. The molecule has 0 spiro atoms. The van der Waals surface area contributed by atoms with Crippen molar-refractivity contribution in [2.45, 2.75) is 0 Å². The number of carbonyl (C=O) groups is 3. The maximum atomic E-state index is 12.8. The van der Waals surface area contributed by atoms with E-state index in [9.17, 15) is 14.4 Å². The molecule has 0 aromatic heterocycles. The number of para-hydroxylation sites is 2. The Balaban J connectivity index is 1.59. The van der Waals surface area contributed by atoms with Gasteiger partial charge >= 0.3 is 5.97 Å². The van der Waals surface area contributed by atoms with Crippen LogP contribution in [0.25, 0.3) is 6.08 Å². The van der Waals surface area contributed by atoms with E-state index in [4.69, 9.17) is 9.47 Å². The Morgan fingerprint density at radius 2 is 1.58 bits per heavy atom. The van der Waals surface area contributed by atoms with Crippen LogP contribution in [-0.2, 0) is 9.59 Å². The normalized spacial score (nSPS) is 14.5. The Morgan fingerprint density at radius 1 is 0.903 bits per heavy atom. The van der Waals surface area contributed by atoms with Crippen LogP contribution >= 0.6 is 0 Å². The summed E-state index contributed by atoms with van der Waals surface area (Å²) in [6.07, 6.45) is 1.41. The number of benzene rings is 3. The van der Waals surface area contributed by atoms with Crippen molar-refractivity contribution in [2.75, 3.05) is 12.1 Å². The van der Waals surface area contributed by atoms with E-state index in [-0.39, 0.29) is 11.3 Å². The Bertz CT molecular complexity index is 1170. The van der Waals surface area contributed by atoms with Crippen LogP contribution in [0.5, 0.6) is 11.5 Å². The first-order valence-corrected chi connectivity index (χ1v) is 9.44. The fraction of sp³-hybridized carbons (Fsp3) is 0.0417. The van der Waals surface area contributed by atoms with Gasteiger partial charge in [-0.25, -0.2) is 9.80 Å². The van der Waals surface area contributed by atoms with Gasteiger partial charge in [0.1, 0.15) is 17.1 Å². The molecule has 7 nitrogen and oxygen atoms in total. The molecule has 3 aromatic rings. The van der Waals surface area contributed by atoms with E-state index >= 15 is 0 Å². The zero-order valence-electron chi connectivity index (χ0n) is 16.6. The maximum Gasteiger partial charge on any atom is 0.343 e. The molecule has 1 aliphatic heterocycles. The van der Waals surface area contributed by atoms with Crippen LogP contribution in [0.1, 0.15) is 15.9 Å². The Hall–Kier alpha value is -4.39. The highest BCUT2D eigenvalue weighted by atomic mass is 16.5. The number of methoxy groups -OCH3 is 1. The number of rotatable bonds is 5. The van der Waals surface area contributed by atoms with Crippen LogP contribution in [0.3, 0.4) is 0 Å². The monoisotopic (exact) mass is 414 g/mol. The van der Waals surface area contributed by atoms with Crippen LogP contribution < -0.4 is 19.9 Å². The van der Waals surface area contributed by atoms with Crippen molar-refractivity contribution in [3.8, 4) is 11.5 Å². The zero-order chi connectivity index (χ0) is 21.8. The second-order valence-corrected chi connectivity index (χ2v) is 6.63. The fourth-order valence-electron chi connectivity index (χ4n) is 3.05. The third-order valence-corrected chi connectivity index (χ3v) is 4.65. The van der Waals surface area contributed by atoms with Crippen LogP contribution in [0.4, 0.5) is 5.69 Å². The SMILES string of the molecule is COc1ccc(C(=O)Oc2ccccc2C=C2C(=O)NN(c3ccccc3)C2=O)cc1. The highest BCUT2D eigenvalue weighted by molar-refractivity contribution is 6.31. The number of carbonyl (C=O) groups excluding carboxylic acids is 3. The van der Waals surface area contributed by atoms with Crippen molar-refractivity contribution in [1.29, 1.82) is 0 Å². The topological polar surface area (TPSA) is 84.9 Å². The lowest BCUT2D eigenvalue weighted by atomic mass is 10.1. The predicted molar refractivity (Wildman–Crippen MR) is 114 cm³/mol. The van der Waals surface area contributed by atoms with Crippen LogP contribution in [-0.4, -0.2) is 24.9 Å². The average molecular weight is 414 g/mol. The van der Waals surface area contributed by atoms with E-state index in [1.165, 1.54) is 18.2 Å². The molecule has 1 heterocycles. The zero-order valence-corrected chi connectivity index (χ0v) is 16.6. The first-order valence-electron chi connectivity index (χ1n) is 9.44. The van der Waals surface area contributed by atoms with E-state index in [0.29, 0.717) is 22.6 Å². The molecule has 1 N–H and O–H groups in total. The van der Waals surface area contributed by atoms with Crippen molar-refractivity contribution in [3.05, 3.63) is 95.6 Å². The summed E-state index contributed by atoms with van der Waals surface area (Å²) in [5.41, 5.74) is 3.80.